The maximum Gasteiger partial charge on any atom is 0.225 e. The predicted molar refractivity (Wildman–Crippen MR) is 83.8 cm³/mol. The predicted octanol–water partition coefficient (Wildman–Crippen LogP) is -0.0001000. The molecule has 0 saturated carbocycles. The number of imidazole rings is 1. The Bertz CT molecular complexity index is 799. The summed E-state index contributed by atoms with van der Waals surface area (Å²) in [7, 11) is -3.44. The highest BCUT2D eigenvalue weighted by Crippen LogP contribution is 2.28. The van der Waals surface area contributed by atoms with Crippen LogP contribution in [0.15, 0.2) is 29.8 Å². The molecule has 9 nitrogen and oxygen atoms in total. The molecule has 3 rings (SSSR count). The van der Waals surface area contributed by atoms with Crippen LogP contribution >= 0.6 is 0 Å². The Hall–Kier alpha value is -2.20. The SMILES string of the molecule is CS(=O)(=O)c1cn[nH]c1[C@H]1COCCN1C(=O)CCn1ccnc1. The molecule has 1 aliphatic rings. The van der Waals surface area contributed by atoms with Crippen molar-refractivity contribution < 1.29 is 17.9 Å². The van der Waals surface area contributed by atoms with Crippen LogP contribution in [0.2, 0.25) is 0 Å². The molecule has 1 N–H and O–H groups in total. The molecule has 0 radical (unpaired) electrons. The van der Waals surface area contributed by atoms with E-state index in [1.54, 1.807) is 23.6 Å². The van der Waals surface area contributed by atoms with Crippen molar-refractivity contribution in [3.63, 3.8) is 0 Å². The van der Waals surface area contributed by atoms with E-state index in [0.29, 0.717) is 31.8 Å². The molecule has 3 heterocycles. The molecule has 1 saturated heterocycles. The third kappa shape index (κ3) is 3.49. The van der Waals surface area contributed by atoms with Gasteiger partial charge in [0.25, 0.3) is 0 Å². The van der Waals surface area contributed by atoms with Crippen LogP contribution in [0.4, 0.5) is 0 Å². The number of rotatable bonds is 5. The number of hydrogen-bond acceptors (Lipinski definition) is 6. The number of hydrogen-bond donors (Lipinski definition) is 1. The van der Waals surface area contributed by atoms with Gasteiger partial charge in [0.2, 0.25) is 5.91 Å². The van der Waals surface area contributed by atoms with Crippen molar-refractivity contribution in [1.82, 2.24) is 24.6 Å². The standard InChI is InChI=1S/C14H19N5O4S/c1-24(21,22)12-8-16-17-14(12)11-9-23-7-6-19(11)13(20)2-4-18-5-3-15-10-18/h3,5,8,10-11H,2,4,6-7,9H2,1H3,(H,16,17)/t11-/m1/s1. The van der Waals surface area contributed by atoms with E-state index in [-0.39, 0.29) is 17.4 Å². The summed E-state index contributed by atoms with van der Waals surface area (Å²) in [5.41, 5.74) is 0.396. The lowest BCUT2D eigenvalue weighted by Gasteiger charge is -2.35. The van der Waals surface area contributed by atoms with E-state index in [0.717, 1.165) is 6.26 Å². The lowest BCUT2D eigenvalue weighted by atomic mass is 10.1. The summed E-state index contributed by atoms with van der Waals surface area (Å²) in [5.74, 6) is -0.0638. The summed E-state index contributed by atoms with van der Waals surface area (Å²) in [6.45, 7) is 1.59. The smallest absolute Gasteiger partial charge is 0.225 e. The number of sulfone groups is 1. The average molecular weight is 353 g/mol. The van der Waals surface area contributed by atoms with Gasteiger partial charge in [-0.15, -0.1) is 0 Å². The number of ether oxygens (including phenoxy) is 1. The summed E-state index contributed by atoms with van der Waals surface area (Å²) in [6, 6.07) is -0.485. The van der Waals surface area contributed by atoms with Crippen molar-refractivity contribution >= 4 is 15.7 Å². The van der Waals surface area contributed by atoms with Gasteiger partial charge in [0.05, 0.1) is 37.5 Å². The third-order valence-corrected chi connectivity index (χ3v) is 5.08. The van der Waals surface area contributed by atoms with Crippen molar-refractivity contribution in [2.45, 2.75) is 23.9 Å². The molecule has 0 aromatic carbocycles. The maximum atomic E-state index is 12.6. The zero-order valence-electron chi connectivity index (χ0n) is 13.3. The van der Waals surface area contributed by atoms with Crippen molar-refractivity contribution in [2.24, 2.45) is 0 Å². The summed E-state index contributed by atoms with van der Waals surface area (Å²) in [4.78, 5) is 18.3. The largest absolute Gasteiger partial charge is 0.377 e. The first-order chi connectivity index (χ1) is 11.5. The van der Waals surface area contributed by atoms with E-state index in [4.69, 9.17) is 4.74 Å². The minimum absolute atomic E-state index is 0.0638. The molecule has 0 unspecified atom stereocenters. The second-order valence-corrected chi connectivity index (χ2v) is 7.63. The van der Waals surface area contributed by atoms with Gasteiger partial charge in [-0.25, -0.2) is 13.4 Å². The van der Waals surface area contributed by atoms with Crippen LogP contribution < -0.4 is 0 Å². The van der Waals surface area contributed by atoms with Crippen LogP contribution in [-0.4, -0.2) is 65.0 Å². The molecule has 1 fully saturated rings. The average Bonchev–Trinajstić information content (AvgIpc) is 3.23. The fourth-order valence-corrected chi connectivity index (χ4v) is 3.57. The highest BCUT2D eigenvalue weighted by molar-refractivity contribution is 7.90. The molecule has 130 valence electrons. The number of H-pyrrole nitrogens is 1. The van der Waals surface area contributed by atoms with Crippen LogP contribution in [0.3, 0.4) is 0 Å². The highest BCUT2D eigenvalue weighted by atomic mass is 32.2. The van der Waals surface area contributed by atoms with E-state index in [1.807, 2.05) is 4.57 Å². The molecular weight excluding hydrogens is 334 g/mol. The van der Waals surface area contributed by atoms with Crippen molar-refractivity contribution in [3.05, 3.63) is 30.6 Å². The quantitative estimate of drug-likeness (QED) is 0.810. The van der Waals surface area contributed by atoms with Gasteiger partial charge >= 0.3 is 0 Å². The van der Waals surface area contributed by atoms with Gasteiger partial charge in [0, 0.05) is 38.2 Å². The van der Waals surface area contributed by atoms with Crippen molar-refractivity contribution in [2.75, 3.05) is 26.0 Å². The Morgan fingerprint density at radius 1 is 1.50 bits per heavy atom. The number of amides is 1. The second-order valence-electron chi connectivity index (χ2n) is 5.65. The fraction of sp³-hybridized carbons (Fsp3) is 0.500. The Kier molecular flexibility index (Phi) is 4.67. The molecule has 2 aromatic heterocycles. The molecule has 0 aliphatic carbocycles. The number of nitrogens with one attached hydrogen (secondary N) is 1. The van der Waals surface area contributed by atoms with E-state index < -0.39 is 15.9 Å². The lowest BCUT2D eigenvalue weighted by Crippen LogP contribution is -2.44. The molecule has 0 bridgehead atoms. The van der Waals surface area contributed by atoms with Crippen LogP contribution in [0, 0.1) is 0 Å². The van der Waals surface area contributed by atoms with Crippen LogP contribution in [0.25, 0.3) is 0 Å². The summed E-state index contributed by atoms with van der Waals surface area (Å²) >= 11 is 0. The monoisotopic (exact) mass is 353 g/mol. The number of aromatic amines is 1. The maximum absolute atomic E-state index is 12.6. The first-order valence-corrected chi connectivity index (χ1v) is 9.42. The zero-order chi connectivity index (χ0) is 17.2. The highest BCUT2D eigenvalue weighted by Gasteiger charge is 2.33. The third-order valence-electron chi connectivity index (χ3n) is 3.96. The minimum atomic E-state index is -3.44. The molecule has 0 spiro atoms. The first kappa shape index (κ1) is 16.7. The molecule has 1 amide bonds. The molecule has 1 atom stereocenters. The number of morpholine rings is 1. The Labute approximate surface area is 139 Å². The van der Waals surface area contributed by atoms with E-state index in [2.05, 4.69) is 15.2 Å². The van der Waals surface area contributed by atoms with Crippen molar-refractivity contribution in [3.8, 4) is 0 Å². The molecule has 24 heavy (non-hydrogen) atoms. The van der Waals surface area contributed by atoms with Gasteiger partial charge in [-0.3, -0.25) is 9.89 Å². The number of nitrogens with zero attached hydrogens (tertiary/aromatic N) is 4. The van der Waals surface area contributed by atoms with Gasteiger partial charge < -0.3 is 14.2 Å². The number of carbonyl (C=O) groups is 1. The topological polar surface area (TPSA) is 110 Å². The second kappa shape index (κ2) is 6.73. The number of aromatic nitrogens is 4. The van der Waals surface area contributed by atoms with Crippen molar-refractivity contribution in [1.29, 1.82) is 0 Å². The summed E-state index contributed by atoms with van der Waals surface area (Å²) < 4.78 is 31.1. The minimum Gasteiger partial charge on any atom is -0.377 e. The normalized spacial score (nSPS) is 18.7. The van der Waals surface area contributed by atoms with E-state index in [1.165, 1.54) is 6.20 Å². The Morgan fingerprint density at radius 2 is 2.33 bits per heavy atom. The van der Waals surface area contributed by atoms with Gasteiger partial charge in [-0.05, 0) is 0 Å². The number of carbonyl (C=O) groups excluding carboxylic acids is 1. The van der Waals surface area contributed by atoms with E-state index >= 15 is 0 Å². The fourth-order valence-electron chi connectivity index (χ4n) is 2.75. The molecule has 1 aliphatic heterocycles. The first-order valence-electron chi connectivity index (χ1n) is 7.53. The van der Waals surface area contributed by atoms with Crippen LogP contribution in [0.1, 0.15) is 18.2 Å². The Morgan fingerprint density at radius 3 is 3.04 bits per heavy atom. The molecule has 2 aromatic rings. The molecular formula is C14H19N5O4S. The Balaban J connectivity index is 1.78. The summed E-state index contributed by atoms with van der Waals surface area (Å²) in [5, 5.41) is 6.55. The van der Waals surface area contributed by atoms with Gasteiger partial charge in [0.15, 0.2) is 9.84 Å². The van der Waals surface area contributed by atoms with Gasteiger partial charge in [-0.1, -0.05) is 0 Å². The van der Waals surface area contributed by atoms with Gasteiger partial charge in [0.1, 0.15) is 4.90 Å². The summed E-state index contributed by atoms with van der Waals surface area (Å²) in [6.07, 6.45) is 7.80. The molecule has 10 heteroatoms. The van der Waals surface area contributed by atoms with Crippen LogP contribution in [0.5, 0.6) is 0 Å². The van der Waals surface area contributed by atoms with E-state index in [9.17, 15) is 13.2 Å². The zero-order valence-corrected chi connectivity index (χ0v) is 14.1. The number of aryl methyl sites for hydroxylation is 1. The lowest BCUT2D eigenvalue weighted by molar-refractivity contribution is -0.140. The van der Waals surface area contributed by atoms with Gasteiger partial charge in [-0.2, -0.15) is 5.10 Å². The van der Waals surface area contributed by atoms with Crippen LogP contribution in [-0.2, 0) is 25.9 Å².